The van der Waals surface area contributed by atoms with Crippen LogP contribution in [0.25, 0.3) is 0 Å². The lowest BCUT2D eigenvalue weighted by Gasteiger charge is -2.12. The molecule has 20 heavy (non-hydrogen) atoms. The molecule has 2 aromatic rings. The average molecular weight is 295 g/mol. The van der Waals surface area contributed by atoms with Crippen LogP contribution in [0.5, 0.6) is 0 Å². The number of halogens is 1. The lowest BCUT2D eigenvalue weighted by atomic mass is 10.2. The maximum atomic E-state index is 13.6. The second-order valence-electron chi connectivity index (χ2n) is 4.35. The van der Waals surface area contributed by atoms with Gasteiger partial charge in [0, 0.05) is 0 Å². The van der Waals surface area contributed by atoms with Gasteiger partial charge in [-0.05, 0) is 36.2 Å². The van der Waals surface area contributed by atoms with Crippen LogP contribution in [0, 0.1) is 12.7 Å². The van der Waals surface area contributed by atoms with Crippen LogP contribution < -0.4 is 4.72 Å². The van der Waals surface area contributed by atoms with Gasteiger partial charge in [-0.15, -0.1) is 0 Å². The van der Waals surface area contributed by atoms with E-state index in [0.717, 1.165) is 5.56 Å². The van der Waals surface area contributed by atoms with Crippen molar-refractivity contribution in [2.75, 3.05) is 4.72 Å². The van der Waals surface area contributed by atoms with Crippen LogP contribution in [0.3, 0.4) is 0 Å². The Morgan fingerprint density at radius 2 is 1.90 bits per heavy atom. The average Bonchev–Trinajstić information content (AvgIpc) is 2.42. The highest BCUT2D eigenvalue weighted by Crippen LogP contribution is 2.22. The summed E-state index contributed by atoms with van der Waals surface area (Å²) in [5.74, 6) is -0.652. The van der Waals surface area contributed by atoms with E-state index >= 15 is 0 Å². The van der Waals surface area contributed by atoms with E-state index in [1.54, 1.807) is 25.1 Å². The van der Waals surface area contributed by atoms with E-state index < -0.39 is 22.4 Å². The van der Waals surface area contributed by atoms with Crippen LogP contribution >= 0.6 is 0 Å². The van der Waals surface area contributed by atoms with Gasteiger partial charge < -0.3 is 5.11 Å². The highest BCUT2D eigenvalue weighted by molar-refractivity contribution is 7.92. The number of rotatable bonds is 4. The number of benzene rings is 2. The number of aryl methyl sites for hydroxylation is 1. The Morgan fingerprint density at radius 1 is 1.20 bits per heavy atom. The molecule has 0 amide bonds. The zero-order valence-corrected chi connectivity index (χ0v) is 11.6. The summed E-state index contributed by atoms with van der Waals surface area (Å²) in [5, 5.41) is 9.18. The van der Waals surface area contributed by atoms with Crippen LogP contribution in [0.2, 0.25) is 0 Å². The number of hydrogen-bond acceptors (Lipinski definition) is 3. The fourth-order valence-electron chi connectivity index (χ4n) is 1.81. The standard InChI is InChI=1S/C14H14FNO3S/c1-10-6-7-12(15)13(8-10)16-20(18,19)14-5-3-2-4-11(14)9-17/h2-8,16-17H,9H2,1H3. The van der Waals surface area contributed by atoms with Crippen molar-refractivity contribution in [3.8, 4) is 0 Å². The molecule has 0 aliphatic carbocycles. The number of anilines is 1. The first-order valence-electron chi connectivity index (χ1n) is 5.92. The first kappa shape index (κ1) is 14.5. The van der Waals surface area contributed by atoms with Gasteiger partial charge in [0.25, 0.3) is 10.0 Å². The summed E-state index contributed by atoms with van der Waals surface area (Å²) in [5.41, 5.74) is 0.880. The van der Waals surface area contributed by atoms with Crippen molar-refractivity contribution in [1.29, 1.82) is 0 Å². The first-order chi connectivity index (χ1) is 9.44. The van der Waals surface area contributed by atoms with Gasteiger partial charge in [-0.2, -0.15) is 0 Å². The van der Waals surface area contributed by atoms with Crippen LogP contribution in [0.15, 0.2) is 47.4 Å². The number of aliphatic hydroxyl groups excluding tert-OH is 1. The predicted octanol–water partition coefficient (Wildman–Crippen LogP) is 2.43. The molecule has 0 radical (unpaired) electrons. The van der Waals surface area contributed by atoms with Gasteiger partial charge in [-0.25, -0.2) is 12.8 Å². The van der Waals surface area contributed by atoms with Crippen molar-refractivity contribution in [2.24, 2.45) is 0 Å². The van der Waals surface area contributed by atoms with E-state index in [9.17, 15) is 17.9 Å². The van der Waals surface area contributed by atoms with Gasteiger partial charge >= 0.3 is 0 Å². The molecule has 4 nitrogen and oxygen atoms in total. The Hall–Kier alpha value is -1.92. The largest absolute Gasteiger partial charge is 0.392 e. The maximum absolute atomic E-state index is 13.6. The molecule has 2 rings (SSSR count). The monoisotopic (exact) mass is 295 g/mol. The highest BCUT2D eigenvalue weighted by Gasteiger charge is 2.19. The molecule has 6 heteroatoms. The predicted molar refractivity (Wildman–Crippen MR) is 74.3 cm³/mol. The van der Waals surface area contributed by atoms with Crippen molar-refractivity contribution >= 4 is 15.7 Å². The normalized spacial score (nSPS) is 11.3. The molecule has 0 aromatic heterocycles. The van der Waals surface area contributed by atoms with E-state index in [-0.39, 0.29) is 16.1 Å². The SMILES string of the molecule is Cc1ccc(F)c(NS(=O)(=O)c2ccccc2CO)c1. The Morgan fingerprint density at radius 3 is 2.60 bits per heavy atom. The summed E-state index contributed by atoms with van der Waals surface area (Å²) in [4.78, 5) is -0.0663. The first-order valence-corrected chi connectivity index (χ1v) is 7.40. The van der Waals surface area contributed by atoms with Crippen molar-refractivity contribution in [3.05, 3.63) is 59.4 Å². The van der Waals surface area contributed by atoms with Gasteiger partial charge in [-0.3, -0.25) is 4.72 Å². The number of sulfonamides is 1. The van der Waals surface area contributed by atoms with Gasteiger partial charge in [0.05, 0.1) is 17.2 Å². The second-order valence-corrected chi connectivity index (χ2v) is 6.01. The van der Waals surface area contributed by atoms with E-state index in [1.165, 1.54) is 24.3 Å². The summed E-state index contributed by atoms with van der Waals surface area (Å²) in [6.07, 6.45) is 0. The van der Waals surface area contributed by atoms with Crippen molar-refractivity contribution in [3.63, 3.8) is 0 Å². The van der Waals surface area contributed by atoms with Crippen LogP contribution in [-0.2, 0) is 16.6 Å². The van der Waals surface area contributed by atoms with Gasteiger partial charge in [0.1, 0.15) is 5.82 Å². The lowest BCUT2D eigenvalue weighted by molar-refractivity contribution is 0.278. The molecule has 106 valence electrons. The third-order valence-electron chi connectivity index (χ3n) is 2.80. The molecule has 2 aromatic carbocycles. The Labute approximate surface area is 116 Å². The fourth-order valence-corrected chi connectivity index (χ4v) is 3.11. The molecule has 0 saturated heterocycles. The minimum absolute atomic E-state index is 0.0663. The van der Waals surface area contributed by atoms with Crippen molar-refractivity contribution in [1.82, 2.24) is 0 Å². The molecule has 0 bridgehead atoms. The summed E-state index contributed by atoms with van der Waals surface area (Å²) in [6.45, 7) is 1.33. The van der Waals surface area contributed by atoms with E-state index in [4.69, 9.17) is 0 Å². The molecule has 0 saturated carbocycles. The molecular formula is C14H14FNO3S. The molecule has 0 atom stereocenters. The molecule has 0 heterocycles. The van der Waals surface area contributed by atoms with Gasteiger partial charge in [0.2, 0.25) is 0 Å². The molecule has 0 aliphatic rings. The van der Waals surface area contributed by atoms with Gasteiger partial charge in [0.15, 0.2) is 0 Å². The van der Waals surface area contributed by atoms with Crippen LogP contribution in [-0.4, -0.2) is 13.5 Å². The number of hydrogen-bond donors (Lipinski definition) is 2. The third kappa shape index (κ3) is 2.97. The zero-order chi connectivity index (χ0) is 14.8. The molecule has 2 N–H and O–H groups in total. The molecule has 0 unspecified atom stereocenters. The van der Waals surface area contributed by atoms with Crippen molar-refractivity contribution in [2.45, 2.75) is 18.4 Å². The van der Waals surface area contributed by atoms with Gasteiger partial charge in [-0.1, -0.05) is 24.3 Å². The summed E-state index contributed by atoms with van der Waals surface area (Å²) in [6, 6.07) is 10.2. The van der Waals surface area contributed by atoms with E-state index in [1.807, 2.05) is 0 Å². The quantitative estimate of drug-likeness (QED) is 0.910. The van der Waals surface area contributed by atoms with Crippen LogP contribution in [0.1, 0.15) is 11.1 Å². The molecule has 0 spiro atoms. The summed E-state index contributed by atoms with van der Waals surface area (Å²) < 4.78 is 40.3. The smallest absolute Gasteiger partial charge is 0.262 e. The third-order valence-corrected chi connectivity index (χ3v) is 4.26. The number of aliphatic hydroxyl groups is 1. The topological polar surface area (TPSA) is 66.4 Å². The Kier molecular flexibility index (Phi) is 4.06. The minimum atomic E-state index is -3.95. The van der Waals surface area contributed by atoms with E-state index in [0.29, 0.717) is 0 Å². The Balaban J connectivity index is 2.43. The van der Waals surface area contributed by atoms with E-state index in [2.05, 4.69) is 4.72 Å². The molecule has 0 aliphatic heterocycles. The number of nitrogens with one attached hydrogen (secondary N) is 1. The zero-order valence-electron chi connectivity index (χ0n) is 10.8. The summed E-state index contributed by atoms with van der Waals surface area (Å²) in [7, 11) is -3.95. The minimum Gasteiger partial charge on any atom is -0.392 e. The fraction of sp³-hybridized carbons (Fsp3) is 0.143. The van der Waals surface area contributed by atoms with Crippen molar-refractivity contribution < 1.29 is 17.9 Å². The lowest BCUT2D eigenvalue weighted by Crippen LogP contribution is -2.16. The summed E-state index contributed by atoms with van der Waals surface area (Å²) >= 11 is 0. The second kappa shape index (κ2) is 5.60. The maximum Gasteiger partial charge on any atom is 0.262 e. The molecular weight excluding hydrogens is 281 g/mol. The highest BCUT2D eigenvalue weighted by atomic mass is 32.2. The van der Waals surface area contributed by atoms with Crippen LogP contribution in [0.4, 0.5) is 10.1 Å². The Bertz CT molecular complexity index is 729. The molecule has 0 fully saturated rings.